The minimum atomic E-state index is -0.250. The Hall–Kier alpha value is 1.32. The molecule has 0 N–H and O–H groups in total. The predicted molar refractivity (Wildman–Crippen MR) is 42.6 cm³/mol. The van der Waals surface area contributed by atoms with Crippen LogP contribution in [0.15, 0.2) is 12.7 Å². The first kappa shape index (κ1) is 12.0. The molecule has 0 aromatic heterocycles. The molecule has 0 heterocycles. The van der Waals surface area contributed by atoms with Gasteiger partial charge in [-0.1, -0.05) is 13.0 Å². The molecule has 45 valence electrons. The fourth-order valence-electron chi connectivity index (χ4n) is 0.144. The van der Waals surface area contributed by atoms with Gasteiger partial charge in [0.25, 0.3) is 0 Å². The Morgan fingerprint density at radius 1 is 1.50 bits per heavy atom. The van der Waals surface area contributed by atoms with E-state index in [0.29, 0.717) is 0 Å². The topological polar surface area (TPSA) is 0 Å². The van der Waals surface area contributed by atoms with Crippen LogP contribution < -0.4 is 0 Å². The molecule has 0 bridgehead atoms. The quantitative estimate of drug-likeness (QED) is 0.540. The van der Waals surface area contributed by atoms with Crippen LogP contribution in [0.3, 0.4) is 0 Å². The van der Waals surface area contributed by atoms with Gasteiger partial charge in [0.15, 0.2) is 0 Å². The predicted octanol–water partition coefficient (Wildman–Crippen LogP) is 3.48. The molecule has 0 aliphatic heterocycles. The third kappa shape index (κ3) is 26.5. The molecule has 0 atom stereocenters. The van der Waals surface area contributed by atoms with Gasteiger partial charge in [-0.2, -0.15) is 0 Å². The minimum Gasteiger partial charge on any atom is -0.103 e. The summed E-state index contributed by atoms with van der Waals surface area (Å²) < 4.78 is 0. The fraction of sp³-hybridized carbons (Fsp3) is 0.400. The molecule has 8 heavy (non-hydrogen) atoms. The standard InChI is InChI=1S/C5H9.2BrH.Zn/c1-3-5-4-2;;;/h3H,1-2,4-5H2;2*1H;/q;;;+2/p-2. The average molecular weight is 294 g/mol. The van der Waals surface area contributed by atoms with E-state index in [1.54, 1.807) is 0 Å². The zero-order valence-electron chi connectivity index (χ0n) is 4.87. The molecule has 1 radical (unpaired) electrons. The van der Waals surface area contributed by atoms with E-state index in [1.807, 2.05) is 6.08 Å². The molecule has 0 aliphatic rings. The van der Waals surface area contributed by atoms with E-state index in [0.717, 1.165) is 12.8 Å². The summed E-state index contributed by atoms with van der Waals surface area (Å²) in [6, 6.07) is 0. The maximum absolute atomic E-state index is 3.60. The van der Waals surface area contributed by atoms with Gasteiger partial charge in [-0.3, -0.25) is 0 Å². The van der Waals surface area contributed by atoms with E-state index in [1.165, 1.54) is 0 Å². The zero-order valence-corrected chi connectivity index (χ0v) is 11.0. The summed E-state index contributed by atoms with van der Waals surface area (Å²) in [5.74, 6) is 0. The van der Waals surface area contributed by atoms with Gasteiger partial charge in [0, 0.05) is 0 Å². The third-order valence-corrected chi connectivity index (χ3v) is 0.408. The van der Waals surface area contributed by atoms with Crippen LogP contribution in [0.25, 0.3) is 0 Å². The van der Waals surface area contributed by atoms with Crippen LogP contribution in [0.1, 0.15) is 12.8 Å². The normalized spacial score (nSPS) is 5.88. The van der Waals surface area contributed by atoms with E-state index >= 15 is 0 Å². The molecule has 0 spiro atoms. The first-order valence-corrected chi connectivity index (χ1v) is 16.2. The number of unbranched alkanes of at least 4 members (excludes halogenated alkanes) is 1. The van der Waals surface area contributed by atoms with Crippen LogP contribution in [-0.4, -0.2) is 0 Å². The van der Waals surface area contributed by atoms with E-state index < -0.39 is 0 Å². The summed E-state index contributed by atoms with van der Waals surface area (Å²) in [4.78, 5) is 0. The maximum atomic E-state index is 3.60. The van der Waals surface area contributed by atoms with Gasteiger partial charge in [0.05, 0.1) is 0 Å². The van der Waals surface area contributed by atoms with Crippen LogP contribution in [0.2, 0.25) is 0 Å². The monoisotopic (exact) mass is 291 g/mol. The molecular formula is C5H9Br2Zn. The van der Waals surface area contributed by atoms with Crippen molar-refractivity contribution < 1.29 is 13.2 Å². The third-order valence-electron chi connectivity index (χ3n) is 0.408. The summed E-state index contributed by atoms with van der Waals surface area (Å²) in [6.45, 7) is 7.11. The molecule has 0 aromatic carbocycles. The number of allylic oxidation sites excluding steroid dienone is 1. The second-order valence-corrected chi connectivity index (χ2v) is 15.1. The van der Waals surface area contributed by atoms with E-state index in [2.05, 4.69) is 40.7 Å². The number of hydrogen-bond acceptors (Lipinski definition) is 0. The summed E-state index contributed by atoms with van der Waals surface area (Å²) >= 11 is 6.25. The second kappa shape index (κ2) is 15.8. The average Bonchev–Trinajstić information content (AvgIpc) is 1.71. The number of rotatable bonds is 2. The van der Waals surface area contributed by atoms with Crippen molar-refractivity contribution in [2.75, 3.05) is 0 Å². The van der Waals surface area contributed by atoms with E-state index in [-0.39, 0.29) is 13.2 Å². The molecule has 0 unspecified atom stereocenters. The van der Waals surface area contributed by atoms with Gasteiger partial charge < -0.3 is 0 Å². The largest absolute Gasteiger partial charge is 0.103 e. The van der Waals surface area contributed by atoms with Crippen molar-refractivity contribution >= 4 is 27.2 Å². The molecule has 0 amide bonds. The van der Waals surface area contributed by atoms with Crippen LogP contribution in [0, 0.1) is 6.92 Å². The summed E-state index contributed by atoms with van der Waals surface area (Å²) in [5, 5.41) is 0. The van der Waals surface area contributed by atoms with Gasteiger partial charge in [0.2, 0.25) is 0 Å². The van der Waals surface area contributed by atoms with Crippen molar-refractivity contribution in [3.63, 3.8) is 0 Å². The van der Waals surface area contributed by atoms with Crippen molar-refractivity contribution in [2.45, 2.75) is 12.8 Å². The Morgan fingerprint density at radius 2 is 1.88 bits per heavy atom. The minimum absolute atomic E-state index is 0.250. The molecule has 0 saturated carbocycles. The summed E-state index contributed by atoms with van der Waals surface area (Å²) in [6.07, 6.45) is 3.89. The Balaban J connectivity index is 0. The van der Waals surface area contributed by atoms with Crippen LogP contribution in [-0.2, 0) is 13.2 Å². The number of hydrogen-bond donors (Lipinski definition) is 0. The Labute approximate surface area is 72.4 Å². The SMILES string of the molecule is [Br][Zn][Br].[CH2]CCC=C. The summed E-state index contributed by atoms with van der Waals surface area (Å²) in [5.41, 5.74) is 0. The van der Waals surface area contributed by atoms with E-state index in [4.69, 9.17) is 0 Å². The Kier molecular flexibility index (Phi) is 23.7. The van der Waals surface area contributed by atoms with Crippen molar-refractivity contribution in [1.29, 1.82) is 0 Å². The first-order chi connectivity index (χ1) is 3.83. The molecule has 3 heteroatoms. The molecule has 0 nitrogen and oxygen atoms in total. The van der Waals surface area contributed by atoms with Crippen LogP contribution in [0.5, 0.6) is 0 Å². The molecule has 0 saturated heterocycles. The molecule has 0 aliphatic carbocycles. The van der Waals surface area contributed by atoms with Crippen molar-refractivity contribution in [3.8, 4) is 0 Å². The second-order valence-electron chi connectivity index (χ2n) is 1.03. The molecular weight excluding hydrogens is 285 g/mol. The van der Waals surface area contributed by atoms with Crippen molar-refractivity contribution in [2.24, 2.45) is 0 Å². The van der Waals surface area contributed by atoms with Gasteiger partial charge in [-0.15, -0.1) is 6.58 Å². The fourth-order valence-corrected chi connectivity index (χ4v) is 0.144. The Bertz CT molecular complexity index is 39.4. The van der Waals surface area contributed by atoms with E-state index in [9.17, 15) is 0 Å². The smallest absolute Gasteiger partial charge is 0.0353 e. The summed E-state index contributed by atoms with van der Waals surface area (Å²) in [7, 11) is 0. The van der Waals surface area contributed by atoms with Crippen molar-refractivity contribution in [1.82, 2.24) is 0 Å². The first-order valence-electron chi connectivity index (χ1n) is 2.35. The van der Waals surface area contributed by atoms with Crippen LogP contribution in [0.4, 0.5) is 0 Å². The van der Waals surface area contributed by atoms with Gasteiger partial charge in [-0.25, -0.2) is 0 Å². The van der Waals surface area contributed by atoms with Gasteiger partial charge >= 0.3 is 40.5 Å². The Morgan fingerprint density at radius 3 is 1.88 bits per heavy atom. The molecule has 0 aromatic rings. The van der Waals surface area contributed by atoms with Gasteiger partial charge in [0.1, 0.15) is 0 Å². The molecule has 0 fully saturated rings. The zero-order chi connectivity index (χ0) is 6.83. The van der Waals surface area contributed by atoms with Crippen molar-refractivity contribution in [3.05, 3.63) is 19.6 Å². The molecule has 0 rings (SSSR count). The van der Waals surface area contributed by atoms with Crippen LogP contribution >= 0.6 is 27.2 Å². The number of halogens is 2. The maximum Gasteiger partial charge on any atom is -0.0353 e. The van der Waals surface area contributed by atoms with Gasteiger partial charge in [-0.05, 0) is 12.8 Å².